The summed E-state index contributed by atoms with van der Waals surface area (Å²) in [7, 11) is 0. The number of aryl methyl sites for hydroxylation is 1. The van der Waals surface area contributed by atoms with Crippen LogP contribution in [0.15, 0.2) is 17.2 Å². The van der Waals surface area contributed by atoms with Crippen molar-refractivity contribution in [1.82, 2.24) is 14.5 Å². The van der Waals surface area contributed by atoms with E-state index in [0.29, 0.717) is 0 Å². The maximum atomic E-state index is 11.8. The molecule has 0 aliphatic rings. The molecule has 1 rings (SSSR count). The van der Waals surface area contributed by atoms with Gasteiger partial charge in [-0.2, -0.15) is 0 Å². The summed E-state index contributed by atoms with van der Waals surface area (Å²) in [5.41, 5.74) is 0.110. The average molecular weight is 225 g/mol. The van der Waals surface area contributed by atoms with Crippen molar-refractivity contribution in [3.8, 4) is 0 Å². The Balaban J connectivity index is 2.40. The van der Waals surface area contributed by atoms with Crippen LogP contribution in [-0.2, 0) is 6.54 Å². The molecule has 1 aromatic heterocycles. The minimum absolute atomic E-state index is 0.110. The number of hydrogen-bond donors (Lipinski definition) is 1. The second kappa shape index (κ2) is 6.53. The van der Waals surface area contributed by atoms with Gasteiger partial charge in [0, 0.05) is 25.0 Å². The Kier molecular flexibility index (Phi) is 5.32. The molecular weight excluding hydrogens is 202 g/mol. The molecule has 0 spiro atoms. The fourth-order valence-electron chi connectivity index (χ4n) is 1.70. The van der Waals surface area contributed by atoms with E-state index in [-0.39, 0.29) is 11.7 Å². The summed E-state index contributed by atoms with van der Waals surface area (Å²) in [5, 5.41) is 3.28. The number of aromatic nitrogens is 2. The van der Waals surface area contributed by atoms with Crippen LogP contribution in [0.1, 0.15) is 39.7 Å². The van der Waals surface area contributed by atoms with Crippen LogP contribution in [0.2, 0.25) is 0 Å². The van der Waals surface area contributed by atoms with Crippen molar-refractivity contribution >= 4 is 0 Å². The van der Waals surface area contributed by atoms with E-state index in [9.17, 15) is 4.79 Å². The van der Waals surface area contributed by atoms with Crippen LogP contribution in [0.4, 0.5) is 0 Å². The number of imidazole rings is 1. The molecule has 4 nitrogen and oxygen atoms in total. The minimum Gasteiger partial charge on any atom is -0.317 e. The van der Waals surface area contributed by atoms with E-state index >= 15 is 0 Å². The molecule has 0 fully saturated rings. The Morgan fingerprint density at radius 3 is 2.62 bits per heavy atom. The highest BCUT2D eigenvalue weighted by Crippen LogP contribution is 2.00. The van der Waals surface area contributed by atoms with E-state index in [2.05, 4.69) is 12.2 Å². The second-order valence-electron chi connectivity index (χ2n) is 4.34. The topological polar surface area (TPSA) is 39.0 Å². The van der Waals surface area contributed by atoms with Gasteiger partial charge in [-0.25, -0.2) is 4.79 Å². The summed E-state index contributed by atoms with van der Waals surface area (Å²) in [6.45, 7) is 9.03. The van der Waals surface area contributed by atoms with E-state index in [1.165, 1.54) is 0 Å². The maximum Gasteiger partial charge on any atom is 0.328 e. The highest BCUT2D eigenvalue weighted by Gasteiger charge is 2.04. The van der Waals surface area contributed by atoms with Crippen LogP contribution in [0.25, 0.3) is 0 Å². The molecule has 92 valence electrons. The van der Waals surface area contributed by atoms with E-state index in [0.717, 1.165) is 32.5 Å². The first-order chi connectivity index (χ1) is 7.66. The largest absolute Gasteiger partial charge is 0.328 e. The van der Waals surface area contributed by atoms with Crippen molar-refractivity contribution in [2.45, 2.75) is 46.2 Å². The Morgan fingerprint density at radius 2 is 2.06 bits per heavy atom. The Bertz CT molecular complexity index is 351. The molecule has 0 saturated carbocycles. The lowest BCUT2D eigenvalue weighted by Gasteiger charge is -2.05. The number of nitrogens with one attached hydrogen (secondary N) is 1. The van der Waals surface area contributed by atoms with Gasteiger partial charge in [0.25, 0.3) is 0 Å². The van der Waals surface area contributed by atoms with Crippen LogP contribution < -0.4 is 11.0 Å². The van der Waals surface area contributed by atoms with Crippen LogP contribution in [0, 0.1) is 0 Å². The fraction of sp³-hybridized carbons (Fsp3) is 0.750. The summed E-state index contributed by atoms with van der Waals surface area (Å²) < 4.78 is 3.57. The average Bonchev–Trinajstić information content (AvgIpc) is 2.60. The molecule has 1 heterocycles. The molecular formula is C12H23N3O. The smallest absolute Gasteiger partial charge is 0.317 e. The molecule has 4 heteroatoms. The maximum absolute atomic E-state index is 11.8. The molecule has 0 unspecified atom stereocenters. The molecule has 0 saturated heterocycles. The van der Waals surface area contributed by atoms with Gasteiger partial charge in [0.15, 0.2) is 0 Å². The van der Waals surface area contributed by atoms with Crippen molar-refractivity contribution in [3.63, 3.8) is 0 Å². The number of hydrogen-bond acceptors (Lipinski definition) is 2. The van der Waals surface area contributed by atoms with Crippen molar-refractivity contribution in [3.05, 3.63) is 22.9 Å². The monoisotopic (exact) mass is 225 g/mol. The summed E-state index contributed by atoms with van der Waals surface area (Å²) in [4.78, 5) is 11.8. The Morgan fingerprint density at radius 1 is 1.31 bits per heavy atom. The van der Waals surface area contributed by atoms with Gasteiger partial charge < -0.3 is 5.32 Å². The van der Waals surface area contributed by atoms with Crippen molar-refractivity contribution in [1.29, 1.82) is 0 Å². The normalized spacial score (nSPS) is 11.2. The predicted molar refractivity (Wildman–Crippen MR) is 66.9 cm³/mol. The van der Waals surface area contributed by atoms with Crippen molar-refractivity contribution in [2.24, 2.45) is 0 Å². The molecule has 0 aliphatic heterocycles. The SMILES string of the molecule is CCNCCCCn1ccn(C(C)C)c1=O. The highest BCUT2D eigenvalue weighted by atomic mass is 16.1. The molecule has 0 aromatic carbocycles. The van der Waals surface area contributed by atoms with Gasteiger partial charge in [-0.1, -0.05) is 6.92 Å². The molecule has 0 amide bonds. The number of nitrogens with zero attached hydrogens (tertiary/aromatic N) is 2. The van der Waals surface area contributed by atoms with Crippen LogP contribution in [0.3, 0.4) is 0 Å². The first-order valence-electron chi connectivity index (χ1n) is 6.14. The van der Waals surface area contributed by atoms with Gasteiger partial charge in [-0.3, -0.25) is 9.13 Å². The molecule has 16 heavy (non-hydrogen) atoms. The number of rotatable bonds is 7. The number of unbranched alkanes of at least 4 members (excludes halogenated alkanes) is 1. The lowest BCUT2D eigenvalue weighted by atomic mass is 10.3. The van der Waals surface area contributed by atoms with Gasteiger partial charge in [0.2, 0.25) is 0 Å². The third kappa shape index (κ3) is 3.52. The Hall–Kier alpha value is -1.03. The summed E-state index contributed by atoms with van der Waals surface area (Å²) in [5.74, 6) is 0. The van der Waals surface area contributed by atoms with E-state index < -0.39 is 0 Å². The lowest BCUT2D eigenvalue weighted by molar-refractivity contribution is 0.528. The third-order valence-electron chi connectivity index (χ3n) is 2.68. The molecule has 1 N–H and O–H groups in total. The predicted octanol–water partition coefficient (Wildman–Crippen LogP) is 1.62. The highest BCUT2D eigenvalue weighted by molar-refractivity contribution is 4.83. The zero-order chi connectivity index (χ0) is 12.0. The lowest BCUT2D eigenvalue weighted by Crippen LogP contribution is -2.25. The van der Waals surface area contributed by atoms with Crippen LogP contribution >= 0.6 is 0 Å². The molecule has 0 atom stereocenters. The van der Waals surface area contributed by atoms with Gasteiger partial charge in [-0.15, -0.1) is 0 Å². The molecule has 0 radical (unpaired) electrons. The quantitative estimate of drug-likeness (QED) is 0.716. The van der Waals surface area contributed by atoms with Gasteiger partial charge in [0.05, 0.1) is 0 Å². The van der Waals surface area contributed by atoms with Crippen LogP contribution in [-0.4, -0.2) is 22.2 Å². The molecule has 0 bridgehead atoms. The summed E-state index contributed by atoms with van der Waals surface area (Å²) in [6.07, 6.45) is 5.93. The van der Waals surface area contributed by atoms with Gasteiger partial charge in [0.1, 0.15) is 0 Å². The van der Waals surface area contributed by atoms with Gasteiger partial charge >= 0.3 is 5.69 Å². The van der Waals surface area contributed by atoms with Gasteiger partial charge in [-0.05, 0) is 39.8 Å². The Labute approximate surface area is 97.3 Å². The first-order valence-corrected chi connectivity index (χ1v) is 6.14. The van der Waals surface area contributed by atoms with E-state index in [1.807, 2.05) is 26.2 Å². The molecule has 1 aromatic rings. The fourth-order valence-corrected chi connectivity index (χ4v) is 1.70. The zero-order valence-corrected chi connectivity index (χ0v) is 10.6. The zero-order valence-electron chi connectivity index (χ0n) is 10.6. The summed E-state index contributed by atoms with van der Waals surface area (Å²) in [6, 6.07) is 0.246. The van der Waals surface area contributed by atoms with Crippen molar-refractivity contribution in [2.75, 3.05) is 13.1 Å². The van der Waals surface area contributed by atoms with Crippen LogP contribution in [0.5, 0.6) is 0 Å². The standard InChI is InChI=1S/C12H23N3O/c1-4-13-7-5-6-8-14-9-10-15(11(2)3)12(14)16/h9-11,13H,4-8H2,1-3H3. The third-order valence-corrected chi connectivity index (χ3v) is 2.68. The minimum atomic E-state index is 0.110. The first kappa shape index (κ1) is 13.0. The summed E-state index contributed by atoms with van der Waals surface area (Å²) >= 11 is 0. The van der Waals surface area contributed by atoms with E-state index in [4.69, 9.17) is 0 Å². The van der Waals surface area contributed by atoms with Crippen molar-refractivity contribution < 1.29 is 0 Å². The van der Waals surface area contributed by atoms with E-state index in [1.54, 1.807) is 9.13 Å². The molecule has 0 aliphatic carbocycles. The second-order valence-corrected chi connectivity index (χ2v) is 4.34.